The zero-order chi connectivity index (χ0) is 11.8. The third-order valence-corrected chi connectivity index (χ3v) is 5.57. The molecular formula is C13H8FNSSe. The number of nitrogens with zero attached hydrogens (tertiary/aromatic N) is 1. The summed E-state index contributed by atoms with van der Waals surface area (Å²) in [5.74, 6) is -0.225. The fourth-order valence-corrected chi connectivity index (χ4v) is 4.46. The Morgan fingerprint density at radius 3 is 2.65 bits per heavy atom. The molecule has 0 amide bonds. The number of aromatic nitrogens is 1. The predicted octanol–water partition coefficient (Wildman–Crippen LogP) is 3.56. The van der Waals surface area contributed by atoms with Gasteiger partial charge in [0.2, 0.25) is 0 Å². The predicted molar refractivity (Wildman–Crippen MR) is 71.0 cm³/mol. The van der Waals surface area contributed by atoms with Crippen molar-refractivity contribution in [2.75, 3.05) is 0 Å². The van der Waals surface area contributed by atoms with Crippen molar-refractivity contribution in [3.63, 3.8) is 0 Å². The van der Waals surface area contributed by atoms with E-state index in [1.54, 1.807) is 6.07 Å². The van der Waals surface area contributed by atoms with E-state index in [2.05, 4.69) is 6.07 Å². The van der Waals surface area contributed by atoms with E-state index in [9.17, 15) is 4.39 Å². The maximum absolute atomic E-state index is 13.2. The monoisotopic (exact) mass is 309 g/mol. The molecule has 1 aromatic heterocycles. The molecular weight excluding hydrogens is 300 g/mol. The molecule has 4 heteroatoms. The van der Waals surface area contributed by atoms with E-state index in [-0.39, 0.29) is 20.5 Å². The van der Waals surface area contributed by atoms with Crippen molar-refractivity contribution in [3.05, 3.63) is 59.0 Å². The first-order chi connectivity index (χ1) is 8.25. The third kappa shape index (κ3) is 1.89. The van der Waals surface area contributed by atoms with Gasteiger partial charge in [-0.1, -0.05) is 0 Å². The molecule has 1 nitrogen and oxygen atoms in total. The molecule has 3 rings (SSSR count). The first kappa shape index (κ1) is 10.9. The number of benzene rings is 2. The summed E-state index contributed by atoms with van der Waals surface area (Å²) in [4.78, 5) is 0. The molecule has 0 aliphatic rings. The van der Waals surface area contributed by atoms with Gasteiger partial charge in [-0.15, -0.1) is 0 Å². The van der Waals surface area contributed by atoms with Crippen LogP contribution in [0, 0.1) is 10.5 Å². The zero-order valence-electron chi connectivity index (χ0n) is 8.76. The molecule has 0 unspecified atom stereocenters. The molecule has 0 radical (unpaired) electrons. The summed E-state index contributed by atoms with van der Waals surface area (Å²) in [6, 6.07) is 14.7. The van der Waals surface area contributed by atoms with Crippen molar-refractivity contribution in [1.82, 2.24) is 3.56 Å². The van der Waals surface area contributed by atoms with Crippen LogP contribution in [0.4, 0.5) is 4.39 Å². The Bertz CT molecular complexity index is 744. The fraction of sp³-hybridized carbons (Fsp3) is 0. The van der Waals surface area contributed by atoms with Gasteiger partial charge in [0.15, 0.2) is 0 Å². The number of rotatable bonds is 1. The molecule has 0 aliphatic carbocycles. The summed E-state index contributed by atoms with van der Waals surface area (Å²) in [5, 5.41) is 1.10. The van der Waals surface area contributed by atoms with Crippen molar-refractivity contribution in [2.24, 2.45) is 0 Å². The normalized spacial score (nSPS) is 10.9. The molecule has 0 bridgehead atoms. The Morgan fingerprint density at radius 2 is 1.88 bits per heavy atom. The van der Waals surface area contributed by atoms with Crippen molar-refractivity contribution < 1.29 is 4.39 Å². The molecule has 2 aromatic carbocycles. The quantitative estimate of drug-likeness (QED) is 0.491. The zero-order valence-corrected chi connectivity index (χ0v) is 11.3. The van der Waals surface area contributed by atoms with Gasteiger partial charge in [0, 0.05) is 0 Å². The van der Waals surface area contributed by atoms with Gasteiger partial charge in [0.1, 0.15) is 0 Å². The van der Waals surface area contributed by atoms with Crippen LogP contribution in [0.5, 0.6) is 0 Å². The number of halogens is 1. The van der Waals surface area contributed by atoms with Crippen molar-refractivity contribution in [2.45, 2.75) is 0 Å². The van der Waals surface area contributed by atoms with E-state index >= 15 is 0 Å². The molecule has 0 spiro atoms. The Labute approximate surface area is 109 Å². The van der Waals surface area contributed by atoms with Crippen LogP contribution in [0.2, 0.25) is 0 Å². The van der Waals surface area contributed by atoms with Crippen molar-refractivity contribution in [3.8, 4) is 5.69 Å². The molecule has 3 aromatic rings. The van der Waals surface area contributed by atoms with Crippen molar-refractivity contribution in [1.29, 1.82) is 0 Å². The van der Waals surface area contributed by atoms with Crippen LogP contribution in [-0.2, 0) is 0 Å². The Kier molecular flexibility index (Phi) is 2.71. The van der Waals surface area contributed by atoms with E-state index in [1.165, 1.54) is 16.4 Å². The van der Waals surface area contributed by atoms with E-state index in [4.69, 9.17) is 12.2 Å². The average Bonchev–Trinajstić information content (AvgIpc) is 2.68. The summed E-state index contributed by atoms with van der Waals surface area (Å²) in [7, 11) is 0. The van der Waals surface area contributed by atoms with Crippen LogP contribution >= 0.6 is 12.2 Å². The molecule has 0 atom stereocenters. The van der Waals surface area contributed by atoms with Gasteiger partial charge in [0.05, 0.1) is 0 Å². The second-order valence-electron chi connectivity index (χ2n) is 3.67. The van der Waals surface area contributed by atoms with Crippen LogP contribution in [0.1, 0.15) is 0 Å². The summed E-state index contributed by atoms with van der Waals surface area (Å²) >= 11 is 5.55. The summed E-state index contributed by atoms with van der Waals surface area (Å²) < 4.78 is 17.3. The van der Waals surface area contributed by atoms with Gasteiger partial charge >= 0.3 is 109 Å². The average molecular weight is 308 g/mol. The molecule has 17 heavy (non-hydrogen) atoms. The van der Waals surface area contributed by atoms with Gasteiger partial charge in [-0.05, 0) is 0 Å². The SMILES string of the molecule is Fc1cccc(-n2[se]c3ccccc3c2=S)c1. The van der Waals surface area contributed by atoms with Gasteiger partial charge < -0.3 is 0 Å². The number of fused-ring (bicyclic) bond motifs is 1. The van der Waals surface area contributed by atoms with Crippen LogP contribution in [-0.4, -0.2) is 18.3 Å². The molecule has 1 heterocycles. The standard InChI is InChI=1S/C13H8FNSSe/c14-9-4-3-5-10(8-9)15-13(16)11-6-1-2-7-12(11)17-15/h1-8H. The third-order valence-electron chi connectivity index (χ3n) is 2.53. The molecule has 84 valence electrons. The molecule has 0 saturated heterocycles. The first-order valence-electron chi connectivity index (χ1n) is 5.13. The topological polar surface area (TPSA) is 4.93 Å². The van der Waals surface area contributed by atoms with Gasteiger partial charge in [0.25, 0.3) is 0 Å². The van der Waals surface area contributed by atoms with Crippen LogP contribution < -0.4 is 0 Å². The number of hydrogen-bond donors (Lipinski definition) is 0. The molecule has 0 aliphatic heterocycles. The van der Waals surface area contributed by atoms with Crippen LogP contribution in [0.25, 0.3) is 15.3 Å². The Balaban J connectivity index is 2.31. The summed E-state index contributed by atoms with van der Waals surface area (Å²) in [6.45, 7) is 0. The summed E-state index contributed by atoms with van der Waals surface area (Å²) in [6.07, 6.45) is 0. The Hall–Kier alpha value is -1.22. The van der Waals surface area contributed by atoms with E-state index in [0.29, 0.717) is 0 Å². The fourth-order valence-electron chi connectivity index (χ4n) is 1.74. The minimum atomic E-state index is -0.225. The van der Waals surface area contributed by atoms with E-state index in [1.807, 2.05) is 27.8 Å². The van der Waals surface area contributed by atoms with Gasteiger partial charge in [-0.3, -0.25) is 0 Å². The van der Waals surface area contributed by atoms with Gasteiger partial charge in [-0.2, -0.15) is 0 Å². The second-order valence-corrected chi connectivity index (χ2v) is 6.13. The van der Waals surface area contributed by atoms with Crippen molar-refractivity contribution >= 4 is 36.6 Å². The molecule has 0 fully saturated rings. The Morgan fingerprint density at radius 1 is 1.06 bits per heavy atom. The second kappa shape index (κ2) is 4.22. The van der Waals surface area contributed by atoms with Gasteiger partial charge in [-0.25, -0.2) is 0 Å². The summed E-state index contributed by atoms with van der Waals surface area (Å²) in [5.41, 5.74) is 0.839. The minimum absolute atomic E-state index is 0.113. The number of hydrogen-bond acceptors (Lipinski definition) is 1. The molecule has 0 N–H and O–H groups in total. The maximum atomic E-state index is 13.2. The molecule has 0 saturated carbocycles. The van der Waals surface area contributed by atoms with Crippen LogP contribution in [0.3, 0.4) is 0 Å². The van der Waals surface area contributed by atoms with Crippen LogP contribution in [0.15, 0.2) is 48.5 Å². The van der Waals surface area contributed by atoms with E-state index < -0.39 is 0 Å². The van der Waals surface area contributed by atoms with E-state index in [0.717, 1.165) is 15.7 Å². The first-order valence-corrected chi connectivity index (χ1v) is 7.16.